The zero-order chi connectivity index (χ0) is 12.0. The van der Waals surface area contributed by atoms with Crippen molar-refractivity contribution in [1.29, 1.82) is 0 Å². The third-order valence-corrected chi connectivity index (χ3v) is 2.09. The van der Waals surface area contributed by atoms with Gasteiger partial charge in [0, 0.05) is 38.8 Å². The van der Waals surface area contributed by atoms with Crippen LogP contribution in [0.25, 0.3) is 5.48 Å². The van der Waals surface area contributed by atoms with Gasteiger partial charge in [-0.05, 0) is 31.5 Å². The molecule has 1 N–H and O–H groups in total. The quantitative estimate of drug-likeness (QED) is 0.417. The van der Waals surface area contributed by atoms with Crippen LogP contribution in [-0.2, 0) is 50.5 Å². The van der Waals surface area contributed by atoms with Gasteiger partial charge in [0.1, 0.15) is 0 Å². The predicted octanol–water partition coefficient (Wildman–Crippen LogP) is -0.724. The van der Waals surface area contributed by atoms with Crippen LogP contribution in [0.3, 0.4) is 0 Å². The molecule has 1 aromatic rings. The van der Waals surface area contributed by atoms with E-state index in [2.05, 4.69) is 22.6 Å². The molecular weight excluding hydrogens is 338 g/mol. The van der Waals surface area contributed by atoms with Crippen molar-refractivity contribution in [3.8, 4) is 5.75 Å². The second-order valence-electron chi connectivity index (χ2n) is 3.63. The maximum Gasteiger partial charge on any atom is 1.00 e. The van der Waals surface area contributed by atoms with E-state index in [1.54, 1.807) is 24.3 Å². The Morgan fingerprint density at radius 2 is 1.83 bits per heavy atom. The van der Waals surface area contributed by atoms with Gasteiger partial charge in [-0.15, -0.1) is 0 Å². The molecular formula is C11H15NNaO3SY-. The van der Waals surface area contributed by atoms with E-state index in [1.807, 2.05) is 13.8 Å². The number of aliphatic hydroxyl groups is 1. The molecule has 7 heteroatoms. The first-order chi connectivity index (χ1) is 7.63. The third-order valence-electron chi connectivity index (χ3n) is 1.89. The third kappa shape index (κ3) is 8.51. The van der Waals surface area contributed by atoms with Gasteiger partial charge in [-0.3, -0.25) is 0 Å². The van der Waals surface area contributed by atoms with Crippen LogP contribution in [0.4, 0.5) is 0 Å². The topological polar surface area (TPSA) is 52.8 Å². The average molecular weight is 353 g/mol. The fraction of sp³-hybridized carbons (Fsp3) is 0.455. The van der Waals surface area contributed by atoms with Crippen molar-refractivity contribution in [3.05, 3.63) is 35.3 Å². The molecule has 0 amide bonds. The first kappa shape index (κ1) is 21.6. The minimum Gasteiger partial charge on any atom is -0.641 e. The number of rotatable bonds is 6. The van der Waals surface area contributed by atoms with Crippen molar-refractivity contribution in [2.45, 2.75) is 26.1 Å². The molecule has 0 aromatic heterocycles. The van der Waals surface area contributed by atoms with Crippen molar-refractivity contribution in [2.24, 2.45) is 0 Å². The Morgan fingerprint density at radius 3 is 2.28 bits per heavy atom. The maximum absolute atomic E-state index is 9.76. The molecule has 4 nitrogen and oxygen atoms in total. The van der Waals surface area contributed by atoms with Gasteiger partial charge in [-0.25, -0.2) is 0 Å². The summed E-state index contributed by atoms with van der Waals surface area (Å²) in [5, 5.41) is 9.76. The van der Waals surface area contributed by atoms with E-state index in [4.69, 9.17) is 4.84 Å². The molecule has 93 valence electrons. The van der Waals surface area contributed by atoms with Crippen LogP contribution in [0, 0.1) is 0 Å². The summed E-state index contributed by atoms with van der Waals surface area (Å²) >= 11 is 4.43. The Morgan fingerprint density at radius 1 is 1.28 bits per heavy atom. The molecule has 1 atom stereocenters. The summed E-state index contributed by atoms with van der Waals surface area (Å²) in [6.07, 6.45) is -0.638. The van der Waals surface area contributed by atoms with E-state index in [1.165, 1.54) is 0 Å². The summed E-state index contributed by atoms with van der Waals surface area (Å²) in [5.74, 6) is 0.585. The summed E-state index contributed by atoms with van der Waals surface area (Å²) < 4.78 is 4.62. The van der Waals surface area contributed by atoms with Crippen molar-refractivity contribution in [3.63, 3.8) is 0 Å². The molecule has 0 bridgehead atoms. The second-order valence-corrected chi connectivity index (χ2v) is 3.80. The van der Waals surface area contributed by atoms with Crippen molar-refractivity contribution in [2.75, 3.05) is 6.54 Å². The summed E-state index contributed by atoms with van der Waals surface area (Å²) in [6.45, 7) is 3.98. The molecule has 0 aliphatic heterocycles. The van der Waals surface area contributed by atoms with Crippen LogP contribution in [0.15, 0.2) is 24.3 Å². The largest absolute Gasteiger partial charge is 1.00 e. The van der Waals surface area contributed by atoms with Crippen molar-refractivity contribution < 1.29 is 76.4 Å². The number of hydroxylamine groups is 1. The van der Waals surface area contributed by atoms with Crippen LogP contribution in [0.1, 0.15) is 25.5 Å². The van der Waals surface area contributed by atoms with E-state index < -0.39 is 6.10 Å². The Balaban J connectivity index is 0. The van der Waals surface area contributed by atoms with Gasteiger partial charge in [0.05, 0.1) is 11.9 Å². The molecule has 0 heterocycles. The van der Waals surface area contributed by atoms with Crippen LogP contribution in [0.2, 0.25) is 0 Å². The molecule has 1 aromatic carbocycles. The average Bonchev–Trinajstić information content (AvgIpc) is 2.28. The van der Waals surface area contributed by atoms with Crippen molar-refractivity contribution >= 4 is 12.9 Å². The second kappa shape index (κ2) is 12.1. The van der Waals surface area contributed by atoms with Gasteiger partial charge in [0.2, 0.25) is 0 Å². The van der Waals surface area contributed by atoms with E-state index >= 15 is 0 Å². The number of nitrogens with zero attached hydrogens (tertiary/aromatic N) is 1. The van der Waals surface area contributed by atoms with Gasteiger partial charge < -0.3 is 32.5 Å². The molecule has 0 saturated carbocycles. The van der Waals surface area contributed by atoms with Crippen LogP contribution in [-0.4, -0.2) is 17.8 Å². The molecule has 0 aliphatic carbocycles. The van der Waals surface area contributed by atoms with Gasteiger partial charge in [0.15, 0.2) is 0 Å². The van der Waals surface area contributed by atoms with Crippen LogP contribution >= 0.6 is 0 Å². The van der Waals surface area contributed by atoms with Gasteiger partial charge in [-0.1, -0.05) is 18.7 Å². The summed E-state index contributed by atoms with van der Waals surface area (Å²) in [7, 11) is 0. The van der Waals surface area contributed by atoms with E-state index in [-0.39, 0.29) is 74.9 Å². The smallest absolute Gasteiger partial charge is 0.641 e. The number of hydrogen-bond acceptors (Lipinski definition) is 4. The molecule has 1 rings (SSSR count). The fourth-order valence-corrected chi connectivity index (χ4v) is 1.22. The molecule has 0 saturated heterocycles. The number of hydrogen-bond donors (Lipinski definition) is 1. The Labute approximate surface area is 161 Å². The van der Waals surface area contributed by atoms with E-state index in [9.17, 15) is 5.11 Å². The standard InChI is InChI=1S/C11H16NO3S.Na.Y/c1-8(2)14-12-7-11(13)9-3-5-10(15-16)6-4-9;;/h3-6,8,11,13,16H,7H2,1-2H3;;/q-1;+1;/p-1. The molecule has 0 spiro atoms. The van der Waals surface area contributed by atoms with Gasteiger partial charge in [0.25, 0.3) is 0 Å². The van der Waals surface area contributed by atoms with Gasteiger partial charge >= 0.3 is 29.6 Å². The predicted molar refractivity (Wildman–Crippen MR) is 63.8 cm³/mol. The summed E-state index contributed by atoms with van der Waals surface area (Å²) in [5.41, 5.74) is 4.54. The fourth-order valence-electron chi connectivity index (χ4n) is 1.11. The Kier molecular flexibility index (Phi) is 14.6. The van der Waals surface area contributed by atoms with Crippen LogP contribution < -0.4 is 33.7 Å². The summed E-state index contributed by atoms with van der Waals surface area (Å²) in [6, 6.07) is 6.90. The van der Waals surface area contributed by atoms with E-state index in [0.29, 0.717) is 5.75 Å². The Hall–Kier alpha value is 1.35. The van der Waals surface area contributed by atoms with E-state index in [0.717, 1.165) is 5.56 Å². The Bertz CT molecular complexity index is 314. The zero-order valence-electron chi connectivity index (χ0n) is 10.9. The van der Waals surface area contributed by atoms with Gasteiger partial charge in [-0.2, -0.15) is 0 Å². The molecule has 18 heavy (non-hydrogen) atoms. The maximum atomic E-state index is 9.76. The SMILES string of the molecule is CC(C)O[N-]CC(O)c1ccc(O[S-])cc1.[Na+].[Y]. The number of benzene rings is 1. The van der Waals surface area contributed by atoms with Crippen molar-refractivity contribution in [1.82, 2.24) is 0 Å². The molecule has 0 fully saturated rings. The molecule has 1 unspecified atom stereocenters. The molecule has 0 aliphatic rings. The normalized spacial score (nSPS) is 11.4. The first-order valence-corrected chi connectivity index (χ1v) is 5.37. The van der Waals surface area contributed by atoms with Crippen LogP contribution in [0.5, 0.6) is 5.75 Å². The summed E-state index contributed by atoms with van der Waals surface area (Å²) in [4.78, 5) is 5.00. The monoisotopic (exact) mass is 353 g/mol. The first-order valence-electron chi connectivity index (χ1n) is 5.04. The minimum atomic E-state index is -0.669. The molecule has 1 radical (unpaired) electrons. The zero-order valence-corrected chi connectivity index (χ0v) is 16.5. The minimum absolute atomic E-state index is 0. The number of aliphatic hydroxyl groups excluding tert-OH is 1.